The Hall–Kier alpha value is -3.11. The number of fused-ring (bicyclic) bond motifs is 1. The van der Waals surface area contributed by atoms with Crippen molar-refractivity contribution < 1.29 is 4.79 Å². The first kappa shape index (κ1) is 24.5. The molecule has 33 heavy (non-hydrogen) atoms. The smallest absolute Gasteiger partial charge is 0.262 e. The number of carbonyl (C=O) groups is 1. The van der Waals surface area contributed by atoms with Crippen molar-refractivity contribution in [2.75, 3.05) is 0 Å². The largest absolute Gasteiger partial charge is 0.337 e. The second-order valence-electron chi connectivity index (χ2n) is 8.68. The van der Waals surface area contributed by atoms with Crippen molar-refractivity contribution in [3.63, 3.8) is 0 Å². The minimum Gasteiger partial charge on any atom is -0.337 e. The van der Waals surface area contributed by atoms with Crippen molar-refractivity contribution in [2.45, 2.75) is 63.0 Å². The summed E-state index contributed by atoms with van der Waals surface area (Å²) in [6, 6.07) is 19.6. The molecular weight excluding hydrogens is 432 g/mol. The fourth-order valence-corrected chi connectivity index (χ4v) is 4.33. The number of hydrogen-bond acceptors (Lipinski definition) is 5. The summed E-state index contributed by atoms with van der Waals surface area (Å²) in [5.41, 5.74) is 0.762. The van der Waals surface area contributed by atoms with Gasteiger partial charge in [0, 0.05) is 6.54 Å². The van der Waals surface area contributed by atoms with E-state index in [1.807, 2.05) is 50.2 Å². The summed E-state index contributed by atoms with van der Waals surface area (Å²) >= 11 is 1.25. The van der Waals surface area contributed by atoms with Crippen molar-refractivity contribution in [3.05, 3.63) is 70.5 Å². The number of nitriles is 1. The fraction of sp³-hybridized carbons (Fsp3) is 0.385. The van der Waals surface area contributed by atoms with Crippen molar-refractivity contribution in [1.82, 2.24) is 14.9 Å². The predicted molar refractivity (Wildman–Crippen MR) is 133 cm³/mol. The molecule has 0 bridgehead atoms. The number of benzene rings is 2. The number of aromatic nitrogens is 2. The average molecular weight is 463 g/mol. The minimum atomic E-state index is -0.960. The summed E-state index contributed by atoms with van der Waals surface area (Å²) in [6.45, 7) is 7.80. The normalized spacial score (nSPS) is 13.9. The van der Waals surface area contributed by atoms with Crippen molar-refractivity contribution in [2.24, 2.45) is 5.92 Å². The van der Waals surface area contributed by atoms with Crippen LogP contribution in [-0.4, -0.2) is 26.2 Å². The summed E-state index contributed by atoms with van der Waals surface area (Å²) < 4.78 is 1.67. The lowest BCUT2D eigenvalue weighted by Gasteiger charge is -2.28. The van der Waals surface area contributed by atoms with Gasteiger partial charge in [-0.3, -0.25) is 14.2 Å². The second-order valence-corrected chi connectivity index (χ2v) is 9.98. The van der Waals surface area contributed by atoms with Crippen LogP contribution in [0.3, 0.4) is 0 Å². The van der Waals surface area contributed by atoms with Gasteiger partial charge in [0.05, 0.1) is 22.2 Å². The van der Waals surface area contributed by atoms with Crippen LogP contribution >= 0.6 is 11.8 Å². The van der Waals surface area contributed by atoms with Crippen LogP contribution in [0, 0.1) is 17.2 Å². The molecule has 7 heteroatoms. The number of para-hydroxylation sites is 1. The maximum atomic E-state index is 13.3. The van der Waals surface area contributed by atoms with Crippen LogP contribution in [0.4, 0.5) is 0 Å². The summed E-state index contributed by atoms with van der Waals surface area (Å²) in [4.78, 5) is 30.9. The molecule has 0 saturated heterocycles. The molecule has 2 atom stereocenters. The number of thioether (sulfide) groups is 1. The SMILES string of the molecule is CC(Sc1nc2ccccc2c(=O)n1CCCc1ccccc1)C(=O)NC(C)(C#N)C(C)C. The third-order valence-corrected chi connectivity index (χ3v) is 7.03. The Labute approximate surface area is 199 Å². The van der Waals surface area contributed by atoms with Crippen LogP contribution in [0.1, 0.15) is 39.7 Å². The first-order valence-corrected chi connectivity index (χ1v) is 12.1. The molecule has 0 spiro atoms. The van der Waals surface area contributed by atoms with E-state index in [2.05, 4.69) is 23.5 Å². The van der Waals surface area contributed by atoms with Gasteiger partial charge in [0.1, 0.15) is 5.54 Å². The predicted octanol–water partition coefficient (Wildman–Crippen LogP) is 4.56. The zero-order valence-electron chi connectivity index (χ0n) is 19.5. The molecule has 2 aromatic carbocycles. The molecule has 1 amide bonds. The Morgan fingerprint density at radius 2 is 1.82 bits per heavy atom. The van der Waals surface area contributed by atoms with E-state index >= 15 is 0 Å². The summed E-state index contributed by atoms with van der Waals surface area (Å²) in [5.74, 6) is -0.297. The van der Waals surface area contributed by atoms with Crippen LogP contribution in [0.15, 0.2) is 64.5 Å². The molecule has 2 unspecified atom stereocenters. The number of rotatable bonds is 9. The van der Waals surface area contributed by atoms with Gasteiger partial charge in [0.25, 0.3) is 5.56 Å². The summed E-state index contributed by atoms with van der Waals surface area (Å²) in [7, 11) is 0. The van der Waals surface area contributed by atoms with Gasteiger partial charge in [-0.2, -0.15) is 5.26 Å². The summed E-state index contributed by atoms with van der Waals surface area (Å²) in [5, 5.41) is 13.0. The van der Waals surface area contributed by atoms with E-state index in [0.29, 0.717) is 22.6 Å². The first-order chi connectivity index (χ1) is 15.7. The van der Waals surface area contributed by atoms with Gasteiger partial charge in [-0.25, -0.2) is 4.98 Å². The van der Waals surface area contributed by atoms with Crippen molar-refractivity contribution in [1.29, 1.82) is 5.26 Å². The monoisotopic (exact) mass is 462 g/mol. The van der Waals surface area contributed by atoms with Gasteiger partial charge < -0.3 is 5.32 Å². The third kappa shape index (κ3) is 5.82. The molecule has 3 rings (SSSR count). The van der Waals surface area contributed by atoms with Crippen LogP contribution < -0.4 is 10.9 Å². The molecule has 0 aliphatic rings. The molecule has 6 nitrogen and oxygen atoms in total. The number of nitrogens with one attached hydrogen (secondary N) is 1. The van der Waals surface area contributed by atoms with Gasteiger partial charge in [-0.05, 0) is 50.3 Å². The van der Waals surface area contributed by atoms with Crippen LogP contribution in [0.5, 0.6) is 0 Å². The standard InChI is InChI=1S/C26H30N4O2S/c1-18(2)26(4,17-27)29-23(31)19(3)33-25-28-22-15-9-8-14-21(22)24(32)30(25)16-10-13-20-11-6-5-7-12-20/h5-9,11-12,14-15,18-19H,10,13,16H2,1-4H3,(H,29,31). The maximum absolute atomic E-state index is 13.3. The highest BCUT2D eigenvalue weighted by atomic mass is 32.2. The Bertz CT molecular complexity index is 1220. The number of hydrogen-bond donors (Lipinski definition) is 1. The van der Waals surface area contributed by atoms with Gasteiger partial charge in [0.2, 0.25) is 5.91 Å². The van der Waals surface area contributed by atoms with Gasteiger partial charge >= 0.3 is 0 Å². The highest BCUT2D eigenvalue weighted by Crippen LogP contribution is 2.24. The highest BCUT2D eigenvalue weighted by Gasteiger charge is 2.32. The minimum absolute atomic E-state index is 0.0430. The van der Waals surface area contributed by atoms with Gasteiger partial charge in [0.15, 0.2) is 5.16 Å². The van der Waals surface area contributed by atoms with E-state index in [0.717, 1.165) is 12.8 Å². The number of nitrogens with zero attached hydrogens (tertiary/aromatic N) is 3. The van der Waals surface area contributed by atoms with Crippen LogP contribution in [0.25, 0.3) is 10.9 Å². The van der Waals surface area contributed by atoms with E-state index in [-0.39, 0.29) is 17.4 Å². The number of carbonyl (C=O) groups excluding carboxylic acids is 1. The Kier molecular flexibility index (Phi) is 7.93. The van der Waals surface area contributed by atoms with E-state index in [1.165, 1.54) is 17.3 Å². The van der Waals surface area contributed by atoms with E-state index in [1.54, 1.807) is 24.5 Å². The lowest BCUT2D eigenvalue weighted by molar-refractivity contribution is -0.121. The maximum Gasteiger partial charge on any atom is 0.262 e. The molecular formula is C26H30N4O2S. The van der Waals surface area contributed by atoms with Crippen molar-refractivity contribution in [3.8, 4) is 6.07 Å². The Morgan fingerprint density at radius 1 is 1.15 bits per heavy atom. The average Bonchev–Trinajstić information content (AvgIpc) is 2.81. The Balaban J connectivity index is 1.85. The molecule has 1 heterocycles. The lowest BCUT2D eigenvalue weighted by Crippen LogP contribution is -2.51. The zero-order chi connectivity index (χ0) is 24.0. The van der Waals surface area contributed by atoms with E-state index < -0.39 is 10.8 Å². The Morgan fingerprint density at radius 3 is 2.48 bits per heavy atom. The first-order valence-electron chi connectivity index (χ1n) is 11.2. The zero-order valence-corrected chi connectivity index (χ0v) is 20.4. The van der Waals surface area contributed by atoms with Crippen molar-refractivity contribution >= 4 is 28.6 Å². The van der Waals surface area contributed by atoms with Crippen LogP contribution in [-0.2, 0) is 17.8 Å². The molecule has 172 valence electrons. The third-order valence-electron chi connectivity index (χ3n) is 5.94. The second kappa shape index (κ2) is 10.7. The molecule has 0 fully saturated rings. The molecule has 0 aliphatic heterocycles. The number of amides is 1. The van der Waals surface area contributed by atoms with E-state index in [4.69, 9.17) is 4.98 Å². The number of aryl methyl sites for hydroxylation is 1. The molecule has 3 aromatic rings. The molecule has 0 saturated carbocycles. The fourth-order valence-electron chi connectivity index (χ4n) is 3.39. The molecule has 1 aromatic heterocycles. The van der Waals surface area contributed by atoms with Gasteiger partial charge in [-0.15, -0.1) is 0 Å². The molecule has 0 radical (unpaired) electrons. The quantitative estimate of drug-likeness (QED) is 0.372. The molecule has 1 N–H and O–H groups in total. The molecule has 0 aliphatic carbocycles. The summed E-state index contributed by atoms with van der Waals surface area (Å²) in [6.07, 6.45) is 1.62. The highest BCUT2D eigenvalue weighted by molar-refractivity contribution is 8.00. The van der Waals surface area contributed by atoms with E-state index in [9.17, 15) is 14.9 Å². The lowest BCUT2D eigenvalue weighted by atomic mass is 9.90. The topological polar surface area (TPSA) is 87.8 Å². The van der Waals surface area contributed by atoms with Crippen LogP contribution in [0.2, 0.25) is 0 Å². The van der Waals surface area contributed by atoms with Gasteiger partial charge in [-0.1, -0.05) is 68.1 Å².